The monoisotopic (exact) mass is 298 g/mol. The minimum absolute atomic E-state index is 0.0123. The van der Waals surface area contributed by atoms with Crippen LogP contribution in [0.25, 0.3) is 0 Å². The molecule has 2 N–H and O–H groups in total. The van der Waals surface area contributed by atoms with E-state index in [2.05, 4.69) is 6.92 Å². The van der Waals surface area contributed by atoms with Crippen LogP contribution in [0.15, 0.2) is 0 Å². The standard InChI is InChI=1S/C17H30O4/c1-4-5-6-7-8-14-11-13(15(18)19)9-10-17(14,12(2)3)16(20)21/h12-14H,4-11H2,1-3H3,(H,18,19)(H,20,21). The SMILES string of the molecule is CCCCCCC1CC(C(=O)O)CCC1(C(=O)O)C(C)C. The summed E-state index contributed by atoms with van der Waals surface area (Å²) in [5.41, 5.74) is -0.738. The molecule has 0 amide bonds. The number of carbonyl (C=O) groups is 2. The molecule has 4 nitrogen and oxygen atoms in total. The Morgan fingerprint density at radius 2 is 1.86 bits per heavy atom. The summed E-state index contributed by atoms with van der Waals surface area (Å²) in [6, 6.07) is 0. The van der Waals surface area contributed by atoms with Crippen molar-refractivity contribution in [1.82, 2.24) is 0 Å². The van der Waals surface area contributed by atoms with E-state index < -0.39 is 17.4 Å². The minimum atomic E-state index is -0.767. The molecule has 0 spiro atoms. The second kappa shape index (κ2) is 7.81. The Hall–Kier alpha value is -1.06. The van der Waals surface area contributed by atoms with Crippen LogP contribution in [0.4, 0.5) is 0 Å². The fraction of sp³-hybridized carbons (Fsp3) is 0.882. The second-order valence-corrected chi connectivity index (χ2v) is 6.86. The summed E-state index contributed by atoms with van der Waals surface area (Å²) in [6.45, 7) is 6.08. The highest BCUT2D eigenvalue weighted by Crippen LogP contribution is 2.50. The molecular formula is C17H30O4. The van der Waals surface area contributed by atoms with Gasteiger partial charge in [0.15, 0.2) is 0 Å². The lowest BCUT2D eigenvalue weighted by Gasteiger charge is -2.45. The van der Waals surface area contributed by atoms with Crippen molar-refractivity contribution in [3.63, 3.8) is 0 Å². The summed E-state index contributed by atoms with van der Waals surface area (Å²) in [7, 11) is 0. The highest BCUT2D eigenvalue weighted by Gasteiger charge is 2.51. The van der Waals surface area contributed by atoms with Crippen LogP contribution in [0.1, 0.15) is 72.1 Å². The van der Waals surface area contributed by atoms with Crippen LogP contribution < -0.4 is 0 Å². The van der Waals surface area contributed by atoms with Crippen molar-refractivity contribution >= 4 is 11.9 Å². The lowest BCUT2D eigenvalue weighted by molar-refractivity contribution is -0.165. The Labute approximate surface area is 127 Å². The summed E-state index contributed by atoms with van der Waals surface area (Å²) < 4.78 is 0. The highest BCUT2D eigenvalue weighted by molar-refractivity contribution is 5.77. The van der Waals surface area contributed by atoms with Gasteiger partial charge in [-0.1, -0.05) is 46.5 Å². The molecule has 0 aliphatic heterocycles. The van der Waals surface area contributed by atoms with Gasteiger partial charge in [-0.05, 0) is 37.5 Å². The lowest BCUT2D eigenvalue weighted by Crippen LogP contribution is -2.48. The Morgan fingerprint density at radius 1 is 1.19 bits per heavy atom. The smallest absolute Gasteiger partial charge is 0.310 e. The van der Waals surface area contributed by atoms with Crippen molar-refractivity contribution < 1.29 is 19.8 Å². The largest absolute Gasteiger partial charge is 0.481 e. The molecule has 1 rings (SSSR count). The number of hydrogen-bond acceptors (Lipinski definition) is 2. The molecule has 21 heavy (non-hydrogen) atoms. The van der Waals surface area contributed by atoms with Crippen LogP contribution in [0.3, 0.4) is 0 Å². The normalized spacial score (nSPS) is 29.5. The van der Waals surface area contributed by atoms with Crippen molar-refractivity contribution in [3.05, 3.63) is 0 Å². The number of carboxylic acid groups (broad SMARTS) is 2. The van der Waals surface area contributed by atoms with Crippen LogP contribution >= 0.6 is 0 Å². The van der Waals surface area contributed by atoms with Gasteiger partial charge in [0, 0.05) is 0 Å². The first kappa shape index (κ1) is 18.0. The predicted octanol–water partition coefficient (Wildman–Crippen LogP) is 4.18. The number of aliphatic carboxylic acids is 2. The fourth-order valence-corrected chi connectivity index (χ4v) is 3.99. The molecule has 1 fully saturated rings. The van der Waals surface area contributed by atoms with E-state index in [1.165, 1.54) is 0 Å². The molecule has 3 atom stereocenters. The van der Waals surface area contributed by atoms with Crippen LogP contribution in [0.5, 0.6) is 0 Å². The molecule has 4 heteroatoms. The van der Waals surface area contributed by atoms with E-state index in [9.17, 15) is 19.8 Å². The van der Waals surface area contributed by atoms with Crippen LogP contribution in [-0.4, -0.2) is 22.2 Å². The van der Waals surface area contributed by atoms with E-state index in [1.807, 2.05) is 13.8 Å². The van der Waals surface area contributed by atoms with Crippen molar-refractivity contribution in [2.75, 3.05) is 0 Å². The zero-order valence-corrected chi connectivity index (χ0v) is 13.6. The number of unbranched alkanes of at least 4 members (excludes halogenated alkanes) is 3. The third-order valence-corrected chi connectivity index (χ3v) is 5.39. The molecule has 0 aromatic carbocycles. The molecule has 0 aromatic rings. The van der Waals surface area contributed by atoms with Crippen molar-refractivity contribution in [2.24, 2.45) is 23.2 Å². The Morgan fingerprint density at radius 3 is 2.33 bits per heavy atom. The van der Waals surface area contributed by atoms with Crippen LogP contribution in [0.2, 0.25) is 0 Å². The summed E-state index contributed by atoms with van der Waals surface area (Å²) in [5.74, 6) is -1.84. The highest BCUT2D eigenvalue weighted by atomic mass is 16.4. The molecule has 0 heterocycles. The summed E-state index contributed by atoms with van der Waals surface area (Å²) in [5, 5.41) is 19.1. The molecule has 0 aromatic heterocycles. The number of hydrogen-bond donors (Lipinski definition) is 2. The average molecular weight is 298 g/mol. The fourth-order valence-electron chi connectivity index (χ4n) is 3.99. The van der Waals surface area contributed by atoms with Gasteiger partial charge in [0.2, 0.25) is 0 Å². The van der Waals surface area contributed by atoms with Crippen LogP contribution in [0, 0.1) is 23.2 Å². The predicted molar refractivity (Wildman–Crippen MR) is 82.1 cm³/mol. The number of carboxylic acids is 2. The van der Waals surface area contributed by atoms with Gasteiger partial charge in [0.1, 0.15) is 0 Å². The number of rotatable bonds is 8. The van der Waals surface area contributed by atoms with E-state index in [1.54, 1.807) is 0 Å². The van der Waals surface area contributed by atoms with Crippen molar-refractivity contribution in [1.29, 1.82) is 0 Å². The molecule has 0 bridgehead atoms. The summed E-state index contributed by atoms with van der Waals surface area (Å²) in [4.78, 5) is 23.2. The van der Waals surface area contributed by atoms with Gasteiger partial charge in [-0.2, -0.15) is 0 Å². The van der Waals surface area contributed by atoms with Crippen molar-refractivity contribution in [2.45, 2.75) is 72.1 Å². The minimum Gasteiger partial charge on any atom is -0.481 e. The van der Waals surface area contributed by atoms with E-state index in [0.717, 1.165) is 32.1 Å². The third kappa shape index (κ3) is 3.98. The first-order valence-corrected chi connectivity index (χ1v) is 8.32. The van der Waals surface area contributed by atoms with E-state index >= 15 is 0 Å². The summed E-state index contributed by atoms with van der Waals surface area (Å²) in [6.07, 6.45) is 6.78. The van der Waals surface area contributed by atoms with Crippen molar-refractivity contribution in [3.8, 4) is 0 Å². The zero-order chi connectivity index (χ0) is 16.0. The maximum atomic E-state index is 11.9. The van der Waals surface area contributed by atoms with Gasteiger partial charge in [0.05, 0.1) is 11.3 Å². The average Bonchev–Trinajstić information content (AvgIpc) is 2.42. The van der Waals surface area contributed by atoms with Gasteiger partial charge in [-0.25, -0.2) is 0 Å². The zero-order valence-electron chi connectivity index (χ0n) is 13.6. The Balaban J connectivity index is 2.87. The molecule has 3 unspecified atom stereocenters. The first-order chi connectivity index (χ1) is 9.86. The van der Waals surface area contributed by atoms with E-state index in [0.29, 0.717) is 19.3 Å². The van der Waals surface area contributed by atoms with Gasteiger partial charge in [-0.15, -0.1) is 0 Å². The van der Waals surface area contributed by atoms with Crippen LogP contribution in [-0.2, 0) is 9.59 Å². The Bertz CT molecular complexity index is 364. The quantitative estimate of drug-likeness (QED) is 0.659. The van der Waals surface area contributed by atoms with Gasteiger partial charge in [-0.3, -0.25) is 9.59 Å². The molecule has 122 valence electrons. The van der Waals surface area contributed by atoms with E-state index in [-0.39, 0.29) is 17.8 Å². The topological polar surface area (TPSA) is 74.6 Å². The molecule has 1 aliphatic carbocycles. The molecule has 0 saturated heterocycles. The maximum Gasteiger partial charge on any atom is 0.310 e. The molecule has 1 aliphatic rings. The summed E-state index contributed by atoms with van der Waals surface area (Å²) >= 11 is 0. The maximum absolute atomic E-state index is 11.9. The molecule has 0 radical (unpaired) electrons. The third-order valence-electron chi connectivity index (χ3n) is 5.39. The van der Waals surface area contributed by atoms with Gasteiger partial charge < -0.3 is 10.2 Å². The Kier molecular flexibility index (Phi) is 6.69. The first-order valence-electron chi connectivity index (χ1n) is 8.32. The second-order valence-electron chi connectivity index (χ2n) is 6.86. The molecule has 1 saturated carbocycles. The van der Waals surface area contributed by atoms with Gasteiger partial charge in [0.25, 0.3) is 0 Å². The molecular weight excluding hydrogens is 268 g/mol. The van der Waals surface area contributed by atoms with Gasteiger partial charge >= 0.3 is 11.9 Å². The van der Waals surface area contributed by atoms with E-state index in [4.69, 9.17) is 0 Å². The lowest BCUT2D eigenvalue weighted by atomic mass is 9.57.